The molecule has 0 aromatic carbocycles. The fourth-order valence-electron chi connectivity index (χ4n) is 2.28. The van der Waals surface area contributed by atoms with Crippen molar-refractivity contribution >= 4 is 0 Å². The lowest BCUT2D eigenvalue weighted by atomic mass is 9.88. The fraction of sp³-hybridized carbons (Fsp3) is 1.00. The molecule has 72 valence electrons. The molecule has 1 fully saturated rings. The molecule has 1 aliphatic heterocycles. The normalized spacial score (nSPS) is 33.2. The lowest BCUT2D eigenvalue weighted by molar-refractivity contribution is 0.257. The van der Waals surface area contributed by atoms with Gasteiger partial charge in [-0.2, -0.15) is 0 Å². The van der Waals surface area contributed by atoms with Gasteiger partial charge in [-0.3, -0.25) is 0 Å². The number of hydrogen-bond acceptors (Lipinski definition) is 1. The Labute approximate surface area is 76.9 Å². The van der Waals surface area contributed by atoms with Crippen LogP contribution in [0.25, 0.3) is 0 Å². The van der Waals surface area contributed by atoms with Crippen LogP contribution in [0.5, 0.6) is 0 Å². The summed E-state index contributed by atoms with van der Waals surface area (Å²) in [6.45, 7) is 6.98. The molecule has 0 saturated carbocycles. The summed E-state index contributed by atoms with van der Waals surface area (Å²) in [6.07, 6.45) is 6.89. The van der Waals surface area contributed by atoms with Crippen LogP contribution in [0.4, 0.5) is 0 Å². The van der Waals surface area contributed by atoms with Gasteiger partial charge in [-0.15, -0.1) is 0 Å². The first-order valence-corrected chi connectivity index (χ1v) is 5.50. The van der Waals surface area contributed by atoms with E-state index in [-0.39, 0.29) is 0 Å². The standard InChI is InChI=1S/C11H23N/c1-4-6-9(2)11-8-5-7-10(3)12-11/h9-12H,4-8H2,1-3H3. The highest BCUT2D eigenvalue weighted by molar-refractivity contribution is 4.81. The second kappa shape index (κ2) is 4.86. The van der Waals surface area contributed by atoms with Crippen molar-refractivity contribution in [2.24, 2.45) is 5.92 Å². The molecule has 0 radical (unpaired) electrons. The highest BCUT2D eigenvalue weighted by Crippen LogP contribution is 2.21. The molecule has 3 atom stereocenters. The van der Waals surface area contributed by atoms with Crippen molar-refractivity contribution in [3.8, 4) is 0 Å². The molecule has 1 heteroatoms. The van der Waals surface area contributed by atoms with E-state index in [1.807, 2.05) is 0 Å². The van der Waals surface area contributed by atoms with E-state index in [4.69, 9.17) is 0 Å². The second-order valence-electron chi connectivity index (χ2n) is 4.37. The van der Waals surface area contributed by atoms with Gasteiger partial charge >= 0.3 is 0 Å². The topological polar surface area (TPSA) is 12.0 Å². The molecule has 1 N–H and O–H groups in total. The molecule has 1 saturated heterocycles. The molecule has 0 aliphatic carbocycles. The van der Waals surface area contributed by atoms with Crippen molar-refractivity contribution in [1.29, 1.82) is 0 Å². The van der Waals surface area contributed by atoms with E-state index < -0.39 is 0 Å². The second-order valence-corrected chi connectivity index (χ2v) is 4.37. The van der Waals surface area contributed by atoms with Crippen LogP contribution in [0.2, 0.25) is 0 Å². The first-order valence-electron chi connectivity index (χ1n) is 5.50. The van der Waals surface area contributed by atoms with Gasteiger partial charge in [0.25, 0.3) is 0 Å². The first kappa shape index (κ1) is 10.0. The molecular formula is C11H23N. The van der Waals surface area contributed by atoms with Crippen molar-refractivity contribution in [2.75, 3.05) is 0 Å². The van der Waals surface area contributed by atoms with Crippen molar-refractivity contribution in [3.05, 3.63) is 0 Å². The number of nitrogens with one attached hydrogen (secondary N) is 1. The maximum atomic E-state index is 3.70. The van der Waals surface area contributed by atoms with Crippen molar-refractivity contribution in [1.82, 2.24) is 5.32 Å². The zero-order valence-electron chi connectivity index (χ0n) is 8.77. The Morgan fingerprint density at radius 2 is 2.17 bits per heavy atom. The number of piperidine rings is 1. The Balaban J connectivity index is 2.29. The van der Waals surface area contributed by atoms with Crippen LogP contribution in [0.3, 0.4) is 0 Å². The van der Waals surface area contributed by atoms with Crippen molar-refractivity contribution in [3.63, 3.8) is 0 Å². The Kier molecular flexibility index (Phi) is 4.07. The van der Waals surface area contributed by atoms with Gasteiger partial charge in [-0.05, 0) is 32.1 Å². The van der Waals surface area contributed by atoms with Crippen molar-refractivity contribution < 1.29 is 0 Å². The third-order valence-electron chi connectivity index (χ3n) is 3.08. The summed E-state index contributed by atoms with van der Waals surface area (Å²) in [5.41, 5.74) is 0. The average Bonchev–Trinajstić information content (AvgIpc) is 2.05. The van der Waals surface area contributed by atoms with E-state index in [0.717, 1.165) is 18.0 Å². The van der Waals surface area contributed by atoms with E-state index in [9.17, 15) is 0 Å². The molecule has 1 aliphatic rings. The summed E-state index contributed by atoms with van der Waals surface area (Å²) >= 11 is 0. The summed E-state index contributed by atoms with van der Waals surface area (Å²) in [4.78, 5) is 0. The van der Waals surface area contributed by atoms with Crippen LogP contribution < -0.4 is 5.32 Å². The molecule has 0 bridgehead atoms. The van der Waals surface area contributed by atoms with Gasteiger partial charge < -0.3 is 5.32 Å². The maximum Gasteiger partial charge on any atom is 0.00951 e. The van der Waals surface area contributed by atoms with Gasteiger partial charge in [-0.25, -0.2) is 0 Å². The highest BCUT2D eigenvalue weighted by atomic mass is 15.0. The average molecular weight is 169 g/mol. The number of rotatable bonds is 3. The van der Waals surface area contributed by atoms with Crippen LogP contribution >= 0.6 is 0 Å². The van der Waals surface area contributed by atoms with E-state index in [0.29, 0.717) is 0 Å². The van der Waals surface area contributed by atoms with Crippen LogP contribution in [-0.4, -0.2) is 12.1 Å². The molecule has 12 heavy (non-hydrogen) atoms. The third-order valence-corrected chi connectivity index (χ3v) is 3.08. The van der Waals surface area contributed by atoms with E-state index in [2.05, 4.69) is 26.1 Å². The number of hydrogen-bond donors (Lipinski definition) is 1. The Morgan fingerprint density at radius 1 is 1.42 bits per heavy atom. The minimum atomic E-state index is 0.753. The van der Waals surface area contributed by atoms with Gasteiger partial charge in [-0.1, -0.05) is 26.7 Å². The summed E-state index contributed by atoms with van der Waals surface area (Å²) in [7, 11) is 0. The molecule has 0 amide bonds. The molecule has 0 aromatic heterocycles. The van der Waals surface area contributed by atoms with Crippen LogP contribution in [0.15, 0.2) is 0 Å². The minimum absolute atomic E-state index is 0.753. The Morgan fingerprint density at radius 3 is 2.75 bits per heavy atom. The Bertz CT molecular complexity index is 122. The third kappa shape index (κ3) is 2.78. The smallest absolute Gasteiger partial charge is 0.00951 e. The molecule has 3 unspecified atom stereocenters. The van der Waals surface area contributed by atoms with Crippen LogP contribution in [0, 0.1) is 5.92 Å². The largest absolute Gasteiger partial charge is 0.311 e. The SMILES string of the molecule is CCCC(C)C1CCCC(C)N1. The first-order chi connectivity index (χ1) is 5.74. The van der Waals surface area contributed by atoms with Gasteiger partial charge in [0.2, 0.25) is 0 Å². The highest BCUT2D eigenvalue weighted by Gasteiger charge is 2.21. The van der Waals surface area contributed by atoms with Gasteiger partial charge in [0.1, 0.15) is 0 Å². The molecule has 1 rings (SSSR count). The quantitative estimate of drug-likeness (QED) is 0.685. The zero-order valence-corrected chi connectivity index (χ0v) is 8.77. The molecular weight excluding hydrogens is 146 g/mol. The predicted octanol–water partition coefficient (Wildman–Crippen LogP) is 2.95. The molecule has 0 spiro atoms. The summed E-state index contributed by atoms with van der Waals surface area (Å²) in [5.74, 6) is 0.873. The van der Waals surface area contributed by atoms with E-state index in [1.54, 1.807) is 0 Å². The predicted molar refractivity (Wildman–Crippen MR) is 54.3 cm³/mol. The zero-order chi connectivity index (χ0) is 8.97. The monoisotopic (exact) mass is 169 g/mol. The molecule has 1 heterocycles. The Hall–Kier alpha value is -0.0400. The molecule has 0 aromatic rings. The van der Waals surface area contributed by atoms with Crippen LogP contribution in [-0.2, 0) is 0 Å². The fourth-order valence-corrected chi connectivity index (χ4v) is 2.28. The maximum absolute atomic E-state index is 3.70. The van der Waals surface area contributed by atoms with Gasteiger partial charge in [0.15, 0.2) is 0 Å². The van der Waals surface area contributed by atoms with E-state index in [1.165, 1.54) is 32.1 Å². The lowest BCUT2D eigenvalue weighted by Crippen LogP contribution is -2.44. The summed E-state index contributed by atoms with van der Waals surface area (Å²) in [6, 6.07) is 1.55. The van der Waals surface area contributed by atoms with Crippen molar-refractivity contribution in [2.45, 2.75) is 65.0 Å². The summed E-state index contributed by atoms with van der Waals surface area (Å²) in [5, 5.41) is 3.70. The summed E-state index contributed by atoms with van der Waals surface area (Å²) < 4.78 is 0. The van der Waals surface area contributed by atoms with Gasteiger partial charge in [0.05, 0.1) is 0 Å². The molecule has 1 nitrogen and oxygen atoms in total. The van der Waals surface area contributed by atoms with Gasteiger partial charge in [0, 0.05) is 12.1 Å². The van der Waals surface area contributed by atoms with Crippen LogP contribution in [0.1, 0.15) is 52.9 Å². The van der Waals surface area contributed by atoms with E-state index >= 15 is 0 Å². The lowest BCUT2D eigenvalue weighted by Gasteiger charge is -2.33. The minimum Gasteiger partial charge on any atom is -0.311 e.